The lowest BCUT2D eigenvalue weighted by atomic mass is 9.76. The maximum Gasteiger partial charge on any atom is 0.226 e. The van der Waals surface area contributed by atoms with Crippen LogP contribution in [-0.2, 0) is 4.79 Å². The molecule has 2 saturated heterocycles. The molecule has 1 amide bonds. The van der Waals surface area contributed by atoms with E-state index in [0.29, 0.717) is 11.2 Å². The van der Waals surface area contributed by atoms with Crippen LogP contribution < -0.4 is 10.6 Å². The first-order valence-electron chi connectivity index (χ1n) is 6.95. The van der Waals surface area contributed by atoms with E-state index in [1.54, 1.807) is 0 Å². The summed E-state index contributed by atoms with van der Waals surface area (Å²) in [6.07, 6.45) is 2.94. The van der Waals surface area contributed by atoms with E-state index in [1.165, 1.54) is 17.3 Å². The van der Waals surface area contributed by atoms with Crippen molar-refractivity contribution in [1.82, 2.24) is 10.6 Å². The molecule has 2 N–H and O–H groups in total. The summed E-state index contributed by atoms with van der Waals surface area (Å²) in [5.74, 6) is 3.97. The standard InChI is InChI=1S/C13H24N2OS2/c1-2-13(3-5-14-6-4-13)12(16)15-9-11-10-17-7-8-18-11/h11,14H,2-10H2,1H3,(H,15,16). The number of hydrogen-bond donors (Lipinski definition) is 2. The van der Waals surface area contributed by atoms with E-state index >= 15 is 0 Å². The molecule has 2 fully saturated rings. The zero-order valence-electron chi connectivity index (χ0n) is 11.2. The second-order valence-corrected chi connectivity index (χ2v) is 7.72. The minimum atomic E-state index is -0.0995. The number of thioether (sulfide) groups is 2. The molecular weight excluding hydrogens is 264 g/mol. The third-order valence-electron chi connectivity index (χ3n) is 4.09. The maximum absolute atomic E-state index is 12.4. The van der Waals surface area contributed by atoms with Gasteiger partial charge in [-0.05, 0) is 32.4 Å². The van der Waals surface area contributed by atoms with E-state index in [1.807, 2.05) is 23.5 Å². The molecule has 0 radical (unpaired) electrons. The van der Waals surface area contributed by atoms with Crippen molar-refractivity contribution >= 4 is 29.4 Å². The Hall–Kier alpha value is 0.130. The van der Waals surface area contributed by atoms with E-state index in [9.17, 15) is 4.79 Å². The Kier molecular flexibility index (Phi) is 5.70. The van der Waals surface area contributed by atoms with Gasteiger partial charge in [0.15, 0.2) is 0 Å². The van der Waals surface area contributed by atoms with E-state index < -0.39 is 0 Å². The quantitative estimate of drug-likeness (QED) is 0.827. The van der Waals surface area contributed by atoms with E-state index in [2.05, 4.69) is 17.6 Å². The molecule has 0 aromatic carbocycles. The molecule has 0 bridgehead atoms. The highest BCUT2D eigenvalue weighted by Gasteiger charge is 2.37. The molecule has 0 aromatic heterocycles. The van der Waals surface area contributed by atoms with Crippen LogP contribution in [-0.4, -0.2) is 48.0 Å². The lowest BCUT2D eigenvalue weighted by Gasteiger charge is -2.36. The molecule has 3 nitrogen and oxygen atoms in total. The van der Waals surface area contributed by atoms with Crippen LogP contribution in [0.1, 0.15) is 26.2 Å². The molecule has 5 heteroatoms. The van der Waals surface area contributed by atoms with E-state index in [0.717, 1.165) is 38.9 Å². The van der Waals surface area contributed by atoms with Gasteiger partial charge in [0.05, 0.1) is 5.41 Å². The first kappa shape index (κ1) is 14.5. The van der Waals surface area contributed by atoms with Gasteiger partial charge >= 0.3 is 0 Å². The predicted octanol–water partition coefficient (Wildman–Crippen LogP) is 1.73. The van der Waals surface area contributed by atoms with Crippen LogP contribution in [0, 0.1) is 5.41 Å². The lowest BCUT2D eigenvalue weighted by Crippen LogP contribution is -2.48. The van der Waals surface area contributed by atoms with Gasteiger partial charge in [0.1, 0.15) is 0 Å². The number of rotatable bonds is 4. The summed E-state index contributed by atoms with van der Waals surface area (Å²) < 4.78 is 0. The monoisotopic (exact) mass is 288 g/mol. The zero-order chi connectivity index (χ0) is 12.8. The second-order valence-electron chi connectivity index (χ2n) is 5.16. The van der Waals surface area contributed by atoms with Gasteiger partial charge in [-0.15, -0.1) is 0 Å². The van der Waals surface area contributed by atoms with Gasteiger partial charge in [0.2, 0.25) is 5.91 Å². The summed E-state index contributed by atoms with van der Waals surface area (Å²) in [6, 6.07) is 0. The van der Waals surface area contributed by atoms with Crippen molar-refractivity contribution in [2.24, 2.45) is 5.41 Å². The molecular formula is C13H24N2OS2. The lowest BCUT2D eigenvalue weighted by molar-refractivity contribution is -0.132. The normalized spacial score (nSPS) is 27.7. The Labute approximate surface area is 119 Å². The summed E-state index contributed by atoms with van der Waals surface area (Å²) in [4.78, 5) is 12.4. The fraction of sp³-hybridized carbons (Fsp3) is 0.923. The first-order chi connectivity index (χ1) is 8.77. The van der Waals surface area contributed by atoms with Crippen molar-refractivity contribution in [3.63, 3.8) is 0 Å². The van der Waals surface area contributed by atoms with Crippen LogP contribution in [0.4, 0.5) is 0 Å². The minimum absolute atomic E-state index is 0.0995. The van der Waals surface area contributed by atoms with Crippen LogP contribution in [0.5, 0.6) is 0 Å². The molecule has 0 spiro atoms. The number of piperidine rings is 1. The molecule has 104 valence electrons. The van der Waals surface area contributed by atoms with Crippen molar-refractivity contribution in [3.05, 3.63) is 0 Å². The number of amides is 1. The molecule has 1 atom stereocenters. The second kappa shape index (κ2) is 7.06. The topological polar surface area (TPSA) is 41.1 Å². The Morgan fingerprint density at radius 1 is 1.39 bits per heavy atom. The molecule has 0 aromatic rings. The van der Waals surface area contributed by atoms with Gasteiger partial charge in [-0.3, -0.25) is 4.79 Å². The number of nitrogens with one attached hydrogen (secondary N) is 2. The molecule has 2 rings (SSSR count). The first-order valence-corrected chi connectivity index (χ1v) is 9.15. The van der Waals surface area contributed by atoms with E-state index in [-0.39, 0.29) is 5.41 Å². The van der Waals surface area contributed by atoms with Crippen LogP contribution in [0.15, 0.2) is 0 Å². The summed E-state index contributed by atoms with van der Waals surface area (Å²) in [6.45, 7) is 4.96. The summed E-state index contributed by atoms with van der Waals surface area (Å²) in [5.41, 5.74) is -0.0995. The zero-order valence-corrected chi connectivity index (χ0v) is 12.8. The Balaban J connectivity index is 1.81. The molecule has 2 heterocycles. The minimum Gasteiger partial charge on any atom is -0.354 e. The highest BCUT2D eigenvalue weighted by atomic mass is 32.2. The Bertz CT molecular complexity index is 274. The van der Waals surface area contributed by atoms with Crippen LogP contribution in [0.3, 0.4) is 0 Å². The molecule has 1 unspecified atom stereocenters. The van der Waals surface area contributed by atoms with Crippen LogP contribution in [0.2, 0.25) is 0 Å². The third-order valence-corrected chi connectivity index (χ3v) is 6.94. The van der Waals surface area contributed by atoms with Crippen molar-refractivity contribution in [2.75, 3.05) is 36.9 Å². The third kappa shape index (κ3) is 3.58. The van der Waals surface area contributed by atoms with Gasteiger partial charge in [-0.2, -0.15) is 23.5 Å². The number of carbonyl (C=O) groups excluding carboxylic acids is 1. The molecule has 18 heavy (non-hydrogen) atoms. The Morgan fingerprint density at radius 2 is 2.17 bits per heavy atom. The van der Waals surface area contributed by atoms with Gasteiger partial charge in [-0.25, -0.2) is 0 Å². The van der Waals surface area contributed by atoms with Crippen LogP contribution >= 0.6 is 23.5 Å². The molecule has 0 saturated carbocycles. The average Bonchev–Trinajstić information content (AvgIpc) is 2.46. The highest BCUT2D eigenvalue weighted by molar-refractivity contribution is 8.06. The highest BCUT2D eigenvalue weighted by Crippen LogP contribution is 2.33. The van der Waals surface area contributed by atoms with E-state index in [4.69, 9.17) is 0 Å². The van der Waals surface area contributed by atoms with Crippen molar-refractivity contribution in [3.8, 4) is 0 Å². The van der Waals surface area contributed by atoms with Crippen molar-refractivity contribution in [1.29, 1.82) is 0 Å². The van der Waals surface area contributed by atoms with Crippen molar-refractivity contribution in [2.45, 2.75) is 31.4 Å². The fourth-order valence-electron chi connectivity index (χ4n) is 2.69. The van der Waals surface area contributed by atoms with Crippen molar-refractivity contribution < 1.29 is 4.79 Å². The largest absolute Gasteiger partial charge is 0.354 e. The van der Waals surface area contributed by atoms with Gasteiger partial charge in [0.25, 0.3) is 0 Å². The Morgan fingerprint density at radius 3 is 2.78 bits per heavy atom. The molecule has 2 aliphatic rings. The molecule has 2 aliphatic heterocycles. The van der Waals surface area contributed by atoms with Gasteiger partial charge in [-0.1, -0.05) is 6.92 Å². The summed E-state index contributed by atoms with van der Waals surface area (Å²) >= 11 is 4.02. The predicted molar refractivity (Wildman–Crippen MR) is 81.4 cm³/mol. The van der Waals surface area contributed by atoms with Gasteiger partial charge < -0.3 is 10.6 Å². The van der Waals surface area contributed by atoms with Gasteiger partial charge in [0, 0.05) is 29.1 Å². The van der Waals surface area contributed by atoms with Crippen LogP contribution in [0.25, 0.3) is 0 Å². The summed E-state index contributed by atoms with van der Waals surface area (Å²) in [7, 11) is 0. The maximum atomic E-state index is 12.4. The SMILES string of the molecule is CCC1(C(=O)NCC2CSCCS2)CCNCC1. The summed E-state index contributed by atoms with van der Waals surface area (Å²) in [5, 5.41) is 7.17. The average molecular weight is 288 g/mol. The smallest absolute Gasteiger partial charge is 0.226 e. The number of carbonyl (C=O) groups is 1. The molecule has 0 aliphatic carbocycles. The number of hydrogen-bond acceptors (Lipinski definition) is 4. The fourth-order valence-corrected chi connectivity index (χ4v) is 5.31.